The highest BCUT2D eigenvalue weighted by Gasteiger charge is 2.20. The average Bonchev–Trinajstić information content (AvgIpc) is 2.12. The third-order valence-electron chi connectivity index (χ3n) is 2.71. The summed E-state index contributed by atoms with van der Waals surface area (Å²) in [5.74, 6) is 0. The van der Waals surface area contributed by atoms with Gasteiger partial charge in [0.05, 0.1) is 0 Å². The monoisotopic (exact) mass is 222 g/mol. The maximum atomic E-state index is 11.1. The van der Waals surface area contributed by atoms with Gasteiger partial charge in [-0.25, -0.2) is 0 Å². The zero-order valence-electron chi connectivity index (χ0n) is 10.0. The van der Waals surface area contributed by atoms with Gasteiger partial charge in [0.25, 0.3) is 0 Å². The SMILES string of the molecule is Cc1cc(C(C)(C)C)c(C=O)c(C)c1S. The Balaban J connectivity index is 3.60. The normalized spacial score (nSPS) is 11.6. The predicted octanol–water partition coefficient (Wildman–Crippen LogP) is 3.70. The second-order valence-corrected chi connectivity index (χ2v) is 5.44. The highest BCUT2D eigenvalue weighted by molar-refractivity contribution is 7.80. The van der Waals surface area contributed by atoms with Crippen molar-refractivity contribution in [1.82, 2.24) is 0 Å². The van der Waals surface area contributed by atoms with E-state index in [1.165, 1.54) is 0 Å². The Morgan fingerprint density at radius 3 is 2.20 bits per heavy atom. The maximum Gasteiger partial charge on any atom is 0.150 e. The van der Waals surface area contributed by atoms with Gasteiger partial charge in [-0.2, -0.15) is 0 Å². The molecule has 0 heterocycles. The van der Waals surface area contributed by atoms with E-state index in [4.69, 9.17) is 0 Å². The molecular weight excluding hydrogens is 204 g/mol. The fraction of sp³-hybridized carbons (Fsp3) is 0.462. The number of carbonyl (C=O) groups excluding carboxylic acids is 1. The molecule has 1 aromatic carbocycles. The second kappa shape index (κ2) is 4.01. The minimum Gasteiger partial charge on any atom is -0.298 e. The number of hydrogen-bond acceptors (Lipinski definition) is 2. The fourth-order valence-corrected chi connectivity index (χ4v) is 1.95. The standard InChI is InChI=1S/C13H18OS/c1-8-6-11(13(3,4)5)10(7-14)9(2)12(8)15/h6-7,15H,1-5H3. The van der Waals surface area contributed by atoms with E-state index in [2.05, 4.69) is 39.5 Å². The smallest absolute Gasteiger partial charge is 0.150 e. The Bertz CT molecular complexity index is 400. The molecule has 1 aromatic rings. The molecule has 0 unspecified atom stereocenters. The molecule has 0 aliphatic carbocycles. The van der Waals surface area contributed by atoms with Gasteiger partial charge < -0.3 is 0 Å². The summed E-state index contributed by atoms with van der Waals surface area (Å²) in [7, 11) is 0. The number of aryl methyl sites for hydroxylation is 1. The first kappa shape index (κ1) is 12.3. The lowest BCUT2D eigenvalue weighted by Gasteiger charge is -2.24. The van der Waals surface area contributed by atoms with Crippen LogP contribution in [-0.2, 0) is 5.41 Å². The van der Waals surface area contributed by atoms with Crippen LogP contribution in [0, 0.1) is 13.8 Å². The van der Waals surface area contributed by atoms with Crippen LogP contribution in [0.25, 0.3) is 0 Å². The minimum atomic E-state index is -0.00671. The van der Waals surface area contributed by atoms with E-state index in [-0.39, 0.29) is 5.41 Å². The van der Waals surface area contributed by atoms with Gasteiger partial charge in [-0.05, 0) is 36.0 Å². The van der Waals surface area contributed by atoms with E-state index in [1.807, 2.05) is 13.8 Å². The lowest BCUT2D eigenvalue weighted by Crippen LogP contribution is -2.16. The van der Waals surface area contributed by atoms with E-state index in [1.54, 1.807) is 0 Å². The Morgan fingerprint density at radius 1 is 1.27 bits per heavy atom. The molecule has 82 valence electrons. The Labute approximate surface area is 97.3 Å². The van der Waals surface area contributed by atoms with Crippen molar-refractivity contribution in [2.75, 3.05) is 0 Å². The van der Waals surface area contributed by atoms with Crippen LogP contribution in [0.3, 0.4) is 0 Å². The lowest BCUT2D eigenvalue weighted by molar-refractivity contribution is 0.112. The molecule has 0 radical (unpaired) electrons. The third kappa shape index (κ3) is 2.25. The van der Waals surface area contributed by atoms with Gasteiger partial charge in [0.2, 0.25) is 0 Å². The fourth-order valence-electron chi connectivity index (χ4n) is 1.76. The van der Waals surface area contributed by atoms with Gasteiger partial charge in [-0.3, -0.25) is 4.79 Å². The summed E-state index contributed by atoms with van der Waals surface area (Å²) in [6.07, 6.45) is 0.940. The second-order valence-electron chi connectivity index (χ2n) is 5.00. The molecular formula is C13H18OS. The van der Waals surface area contributed by atoms with E-state index >= 15 is 0 Å². The highest BCUT2D eigenvalue weighted by atomic mass is 32.1. The number of rotatable bonds is 1. The molecule has 0 bridgehead atoms. The molecule has 2 heteroatoms. The number of aldehydes is 1. The van der Waals surface area contributed by atoms with Crippen molar-refractivity contribution in [2.24, 2.45) is 0 Å². The molecule has 0 fully saturated rings. The van der Waals surface area contributed by atoms with Gasteiger partial charge in [-0.15, -0.1) is 12.6 Å². The third-order valence-corrected chi connectivity index (χ3v) is 3.40. The Hall–Kier alpha value is -0.760. The van der Waals surface area contributed by atoms with Crippen molar-refractivity contribution in [3.8, 4) is 0 Å². The van der Waals surface area contributed by atoms with Crippen LogP contribution in [0.15, 0.2) is 11.0 Å². The van der Waals surface area contributed by atoms with E-state index in [0.717, 1.165) is 33.4 Å². The van der Waals surface area contributed by atoms with Crippen LogP contribution < -0.4 is 0 Å². The predicted molar refractivity (Wildman–Crippen MR) is 67.3 cm³/mol. The van der Waals surface area contributed by atoms with E-state index < -0.39 is 0 Å². The topological polar surface area (TPSA) is 17.1 Å². The molecule has 0 amide bonds. The summed E-state index contributed by atoms with van der Waals surface area (Å²) in [5.41, 5.74) is 4.00. The number of carbonyl (C=O) groups is 1. The van der Waals surface area contributed by atoms with Crippen molar-refractivity contribution < 1.29 is 4.79 Å². The molecule has 0 saturated carbocycles. The highest BCUT2D eigenvalue weighted by Crippen LogP contribution is 2.32. The quantitative estimate of drug-likeness (QED) is 0.566. The van der Waals surface area contributed by atoms with Gasteiger partial charge in [0, 0.05) is 10.5 Å². The van der Waals surface area contributed by atoms with Crippen molar-refractivity contribution in [3.05, 3.63) is 28.3 Å². The van der Waals surface area contributed by atoms with Crippen molar-refractivity contribution in [2.45, 2.75) is 44.9 Å². The zero-order valence-corrected chi connectivity index (χ0v) is 10.9. The van der Waals surface area contributed by atoms with Crippen LogP contribution in [0.5, 0.6) is 0 Å². The number of benzene rings is 1. The number of thiol groups is 1. The number of hydrogen-bond donors (Lipinski definition) is 1. The summed E-state index contributed by atoms with van der Waals surface area (Å²) in [6.45, 7) is 10.3. The average molecular weight is 222 g/mol. The largest absolute Gasteiger partial charge is 0.298 e. The Kier molecular flexibility index (Phi) is 3.29. The van der Waals surface area contributed by atoms with Crippen LogP contribution >= 0.6 is 12.6 Å². The van der Waals surface area contributed by atoms with Crippen LogP contribution in [0.1, 0.15) is 47.8 Å². The molecule has 0 spiro atoms. The maximum absolute atomic E-state index is 11.1. The first-order valence-electron chi connectivity index (χ1n) is 5.08. The van der Waals surface area contributed by atoms with E-state index in [0.29, 0.717) is 0 Å². The molecule has 0 aliphatic rings. The molecule has 0 aromatic heterocycles. The van der Waals surface area contributed by atoms with Gasteiger partial charge in [0.15, 0.2) is 6.29 Å². The van der Waals surface area contributed by atoms with Crippen molar-refractivity contribution in [1.29, 1.82) is 0 Å². The van der Waals surface area contributed by atoms with Gasteiger partial charge in [0.1, 0.15) is 0 Å². The molecule has 15 heavy (non-hydrogen) atoms. The van der Waals surface area contributed by atoms with Crippen LogP contribution in [-0.4, -0.2) is 6.29 Å². The molecule has 1 rings (SSSR count). The van der Waals surface area contributed by atoms with Crippen LogP contribution in [0.4, 0.5) is 0 Å². The molecule has 0 aliphatic heterocycles. The first-order valence-corrected chi connectivity index (χ1v) is 5.52. The van der Waals surface area contributed by atoms with Crippen LogP contribution in [0.2, 0.25) is 0 Å². The van der Waals surface area contributed by atoms with E-state index in [9.17, 15) is 4.79 Å². The summed E-state index contributed by atoms with van der Waals surface area (Å²) < 4.78 is 0. The minimum absolute atomic E-state index is 0.00671. The molecule has 0 atom stereocenters. The Morgan fingerprint density at radius 2 is 1.80 bits per heavy atom. The molecule has 1 nitrogen and oxygen atoms in total. The summed E-state index contributed by atoms with van der Waals surface area (Å²) in [5, 5.41) is 0. The summed E-state index contributed by atoms with van der Waals surface area (Å²) in [4.78, 5) is 12.0. The van der Waals surface area contributed by atoms with Gasteiger partial charge in [-0.1, -0.05) is 26.8 Å². The van der Waals surface area contributed by atoms with Crippen molar-refractivity contribution in [3.63, 3.8) is 0 Å². The molecule has 0 N–H and O–H groups in total. The summed E-state index contributed by atoms with van der Waals surface area (Å²) in [6, 6.07) is 2.07. The zero-order chi connectivity index (χ0) is 11.8. The van der Waals surface area contributed by atoms with Gasteiger partial charge >= 0.3 is 0 Å². The van der Waals surface area contributed by atoms with Crippen molar-refractivity contribution >= 4 is 18.9 Å². The first-order chi connectivity index (χ1) is 6.79. The summed E-state index contributed by atoms with van der Waals surface area (Å²) >= 11 is 4.42. The lowest BCUT2D eigenvalue weighted by atomic mass is 9.81. The molecule has 0 saturated heterocycles.